The summed E-state index contributed by atoms with van der Waals surface area (Å²) in [6.07, 6.45) is 0. The van der Waals surface area contributed by atoms with Gasteiger partial charge in [-0.2, -0.15) is 0 Å². The highest BCUT2D eigenvalue weighted by atomic mass is 79.9. The summed E-state index contributed by atoms with van der Waals surface area (Å²) in [5.74, 6) is 2.12. The van der Waals surface area contributed by atoms with E-state index in [9.17, 15) is 4.79 Å². The molecule has 0 unspecified atom stereocenters. The van der Waals surface area contributed by atoms with Crippen molar-refractivity contribution in [3.63, 3.8) is 0 Å². The molecule has 0 aliphatic rings. The first-order valence-corrected chi connectivity index (χ1v) is 11.1. The first-order chi connectivity index (χ1) is 15.6. The van der Waals surface area contributed by atoms with Gasteiger partial charge in [0.25, 0.3) is 0 Å². The van der Waals surface area contributed by atoms with E-state index in [1.165, 1.54) is 11.8 Å². The summed E-state index contributed by atoms with van der Waals surface area (Å²) < 4.78 is 18.1. The summed E-state index contributed by atoms with van der Waals surface area (Å²) in [5.41, 5.74) is 3.57. The van der Waals surface area contributed by atoms with E-state index in [1.807, 2.05) is 36.4 Å². The summed E-state index contributed by atoms with van der Waals surface area (Å²) in [7, 11) is 4.77. The Morgan fingerprint density at radius 1 is 0.909 bits per heavy atom. The zero-order valence-electron chi connectivity index (χ0n) is 18.6. The summed E-state index contributed by atoms with van der Waals surface area (Å²) in [6.45, 7) is 0.663. The van der Waals surface area contributed by atoms with Gasteiger partial charge in [0.05, 0.1) is 44.7 Å². The van der Waals surface area contributed by atoms with Crippen LogP contribution in [-0.4, -0.2) is 42.4 Å². The third-order valence-electron chi connectivity index (χ3n) is 5.14. The van der Waals surface area contributed by atoms with Crippen molar-refractivity contribution in [1.29, 1.82) is 0 Å². The summed E-state index contributed by atoms with van der Waals surface area (Å²) in [5, 5.41) is 0.783. The zero-order valence-corrected chi connectivity index (χ0v) is 21.1. The van der Waals surface area contributed by atoms with Crippen LogP contribution in [0.25, 0.3) is 11.0 Å². The third-order valence-corrected chi connectivity index (χ3v) is 6.12. The number of fused-ring (bicyclic) bond motifs is 1. The van der Waals surface area contributed by atoms with Crippen LogP contribution < -0.4 is 14.2 Å². The fourth-order valence-electron chi connectivity index (χ4n) is 3.47. The second-order valence-corrected chi connectivity index (χ2v) is 8.04. The normalized spacial score (nSPS) is 10.5. The lowest BCUT2D eigenvalue weighted by molar-refractivity contribution is 0.102. The lowest BCUT2D eigenvalue weighted by atomic mass is 10.1. The van der Waals surface area contributed by atoms with Crippen LogP contribution in [0.4, 0.5) is 0 Å². The Morgan fingerprint density at radius 2 is 1.67 bits per heavy atom. The lowest BCUT2D eigenvalue weighted by Gasteiger charge is -2.10. The molecule has 0 bridgehead atoms. The molecule has 8 heteroatoms. The van der Waals surface area contributed by atoms with E-state index in [0.717, 1.165) is 27.5 Å². The number of rotatable bonds is 9. The molecule has 0 amide bonds. The molecule has 3 aromatic carbocycles. The van der Waals surface area contributed by atoms with Gasteiger partial charge in [0.15, 0.2) is 22.4 Å². The average molecular weight is 529 g/mol. The van der Waals surface area contributed by atoms with E-state index in [4.69, 9.17) is 19.2 Å². The van der Waals surface area contributed by atoms with Gasteiger partial charge in [-0.25, -0.2) is 4.98 Å². The second kappa shape index (κ2) is 11.2. The van der Waals surface area contributed by atoms with Crippen molar-refractivity contribution >= 4 is 45.6 Å². The van der Waals surface area contributed by atoms with Crippen LogP contribution in [0, 0.1) is 0 Å². The quantitative estimate of drug-likeness (QED) is 0.206. The van der Waals surface area contributed by atoms with Crippen LogP contribution in [0.2, 0.25) is 0 Å². The maximum absolute atomic E-state index is 12.9. The van der Waals surface area contributed by atoms with Crippen LogP contribution in [-0.2, 0) is 6.54 Å². The van der Waals surface area contributed by atoms with Gasteiger partial charge in [-0.15, -0.1) is 17.0 Å². The molecular formula is C25H25BrN2O4S. The van der Waals surface area contributed by atoms with E-state index in [2.05, 4.69) is 16.7 Å². The summed E-state index contributed by atoms with van der Waals surface area (Å²) in [4.78, 5) is 17.7. The van der Waals surface area contributed by atoms with Gasteiger partial charge >= 0.3 is 0 Å². The summed E-state index contributed by atoms with van der Waals surface area (Å²) in [6, 6.07) is 21.2. The SMILES string of the molecule is Br.COc1ccc2c(c1)nc(SCC(=O)c1ccc(OC)c(OC)c1)n2Cc1ccccc1. The number of imidazole rings is 1. The lowest BCUT2D eigenvalue weighted by Crippen LogP contribution is -2.06. The van der Waals surface area contributed by atoms with Crippen molar-refractivity contribution in [1.82, 2.24) is 9.55 Å². The molecule has 4 aromatic rings. The van der Waals surface area contributed by atoms with Gasteiger partial charge in [0.1, 0.15) is 5.75 Å². The molecule has 0 aliphatic heterocycles. The van der Waals surface area contributed by atoms with Gasteiger partial charge in [-0.3, -0.25) is 4.79 Å². The predicted molar refractivity (Wildman–Crippen MR) is 137 cm³/mol. The fourth-order valence-corrected chi connectivity index (χ4v) is 4.38. The Bertz CT molecular complexity index is 1240. The van der Waals surface area contributed by atoms with Gasteiger partial charge in [-0.05, 0) is 35.9 Å². The monoisotopic (exact) mass is 528 g/mol. The Balaban J connectivity index is 0.00000306. The first-order valence-electron chi connectivity index (χ1n) is 10.1. The molecule has 0 saturated heterocycles. The minimum absolute atomic E-state index is 0. The number of benzene rings is 3. The number of ketones is 1. The van der Waals surface area contributed by atoms with E-state index in [0.29, 0.717) is 23.6 Å². The highest BCUT2D eigenvalue weighted by Gasteiger charge is 2.16. The van der Waals surface area contributed by atoms with E-state index in [-0.39, 0.29) is 28.5 Å². The second-order valence-electron chi connectivity index (χ2n) is 7.10. The number of carbonyl (C=O) groups is 1. The topological polar surface area (TPSA) is 62.6 Å². The molecule has 33 heavy (non-hydrogen) atoms. The van der Waals surface area contributed by atoms with Gasteiger partial charge in [0, 0.05) is 11.6 Å². The van der Waals surface area contributed by atoms with Crippen molar-refractivity contribution < 1.29 is 19.0 Å². The van der Waals surface area contributed by atoms with Crippen LogP contribution in [0.3, 0.4) is 0 Å². The van der Waals surface area contributed by atoms with Gasteiger partial charge in [-0.1, -0.05) is 42.1 Å². The third kappa shape index (κ3) is 5.51. The zero-order chi connectivity index (χ0) is 22.5. The number of hydrogen-bond donors (Lipinski definition) is 0. The van der Waals surface area contributed by atoms with Crippen LogP contribution >= 0.6 is 28.7 Å². The van der Waals surface area contributed by atoms with Crippen LogP contribution in [0.15, 0.2) is 71.9 Å². The standard InChI is InChI=1S/C25H24N2O4S.BrH/c1-29-19-10-11-21-20(14-19)26-25(27(21)15-17-7-5-4-6-8-17)32-16-22(28)18-9-12-23(30-2)24(13-18)31-3;/h4-14H,15-16H2,1-3H3;1H. The van der Waals surface area contributed by atoms with Crippen molar-refractivity contribution in [2.75, 3.05) is 27.1 Å². The molecule has 0 atom stereocenters. The number of thioether (sulfide) groups is 1. The molecule has 172 valence electrons. The predicted octanol–water partition coefficient (Wildman–Crippen LogP) is 5.66. The van der Waals surface area contributed by atoms with E-state index in [1.54, 1.807) is 39.5 Å². The van der Waals surface area contributed by atoms with Crippen LogP contribution in [0.1, 0.15) is 15.9 Å². The smallest absolute Gasteiger partial charge is 0.173 e. The van der Waals surface area contributed by atoms with E-state index >= 15 is 0 Å². The van der Waals surface area contributed by atoms with Crippen molar-refractivity contribution in [3.05, 3.63) is 77.9 Å². The van der Waals surface area contributed by atoms with Crippen molar-refractivity contribution in [3.8, 4) is 17.2 Å². The van der Waals surface area contributed by atoms with Gasteiger partial charge < -0.3 is 18.8 Å². The molecule has 0 N–H and O–H groups in total. The molecule has 0 spiro atoms. The molecule has 6 nitrogen and oxygen atoms in total. The van der Waals surface area contributed by atoms with Crippen LogP contribution in [0.5, 0.6) is 17.2 Å². The molecule has 1 aromatic heterocycles. The molecule has 0 saturated carbocycles. The Hall–Kier alpha value is -2.97. The first kappa shape index (κ1) is 24.7. The molecular weight excluding hydrogens is 504 g/mol. The minimum atomic E-state index is -0.00755. The highest BCUT2D eigenvalue weighted by molar-refractivity contribution is 8.93. The number of hydrogen-bond acceptors (Lipinski definition) is 6. The van der Waals surface area contributed by atoms with Gasteiger partial charge in [0.2, 0.25) is 0 Å². The number of Topliss-reactive ketones (excluding diaryl/α,β-unsaturated/α-hetero) is 1. The average Bonchev–Trinajstić information content (AvgIpc) is 3.18. The molecule has 0 fully saturated rings. The molecule has 0 radical (unpaired) electrons. The highest BCUT2D eigenvalue weighted by Crippen LogP contribution is 2.30. The number of carbonyl (C=O) groups excluding carboxylic acids is 1. The number of ether oxygens (including phenoxy) is 3. The van der Waals surface area contributed by atoms with E-state index < -0.39 is 0 Å². The Morgan fingerprint density at radius 3 is 2.36 bits per heavy atom. The largest absolute Gasteiger partial charge is 0.497 e. The minimum Gasteiger partial charge on any atom is -0.497 e. The fraction of sp³-hybridized carbons (Fsp3) is 0.200. The number of methoxy groups -OCH3 is 3. The molecule has 0 aliphatic carbocycles. The maximum Gasteiger partial charge on any atom is 0.173 e. The number of halogens is 1. The molecule has 1 heterocycles. The molecule has 4 rings (SSSR count). The maximum atomic E-state index is 12.9. The number of nitrogens with zero attached hydrogens (tertiary/aromatic N) is 2. The Labute approximate surface area is 207 Å². The Kier molecular flexibility index (Phi) is 8.41. The number of aromatic nitrogens is 2. The van der Waals surface area contributed by atoms with Crippen molar-refractivity contribution in [2.24, 2.45) is 0 Å². The van der Waals surface area contributed by atoms with Crippen molar-refractivity contribution in [2.45, 2.75) is 11.7 Å². The summed E-state index contributed by atoms with van der Waals surface area (Å²) >= 11 is 1.42.